The number of nitrogens with two attached hydrogens (primary N) is 1. The number of nitrogens with zero attached hydrogens (tertiary/aromatic N) is 1. The van der Waals surface area contributed by atoms with Gasteiger partial charge < -0.3 is 4.74 Å². The van der Waals surface area contributed by atoms with Gasteiger partial charge in [0, 0.05) is 10.7 Å². The molecule has 1 atom stereocenters. The molecule has 3 N–H and O–H groups in total. The minimum Gasteiger partial charge on any atom is -0.377 e. The number of hydrogen-bond acceptors (Lipinski definition) is 4. The molecule has 0 amide bonds. The van der Waals surface area contributed by atoms with Crippen LogP contribution in [0.25, 0.3) is 0 Å². The average Bonchev–Trinajstić information content (AvgIpc) is 2.21. The summed E-state index contributed by atoms with van der Waals surface area (Å²) in [6.07, 6.45) is 1.92. The molecule has 1 rings (SSSR count). The molecule has 0 fully saturated rings. The molecule has 0 aliphatic rings. The van der Waals surface area contributed by atoms with E-state index in [4.69, 9.17) is 10.6 Å². The van der Waals surface area contributed by atoms with Crippen LogP contribution in [0.2, 0.25) is 0 Å². The van der Waals surface area contributed by atoms with Crippen molar-refractivity contribution >= 4 is 15.9 Å². The fourth-order valence-electron chi connectivity index (χ4n) is 1.15. The summed E-state index contributed by atoms with van der Waals surface area (Å²) in [5.41, 5.74) is 3.56. The van der Waals surface area contributed by atoms with Crippen molar-refractivity contribution in [2.24, 2.45) is 5.84 Å². The van der Waals surface area contributed by atoms with Gasteiger partial charge in [-0.2, -0.15) is 0 Å². The van der Waals surface area contributed by atoms with Crippen molar-refractivity contribution in [1.29, 1.82) is 0 Å². The van der Waals surface area contributed by atoms with E-state index in [0.29, 0.717) is 6.61 Å². The van der Waals surface area contributed by atoms with E-state index in [9.17, 15) is 0 Å². The summed E-state index contributed by atoms with van der Waals surface area (Å²) in [7, 11) is 0. The molecule has 0 saturated carbocycles. The molecule has 0 aromatic carbocycles. The smallest absolute Gasteiger partial charge is 0.0876 e. The van der Waals surface area contributed by atoms with Crippen molar-refractivity contribution in [2.45, 2.75) is 26.0 Å². The van der Waals surface area contributed by atoms with Crippen molar-refractivity contribution in [2.75, 3.05) is 6.61 Å². The van der Waals surface area contributed by atoms with E-state index in [1.807, 2.05) is 26.0 Å². The molecule has 0 saturated heterocycles. The third kappa shape index (κ3) is 3.87. The lowest BCUT2D eigenvalue weighted by Crippen LogP contribution is -2.33. The first-order chi connectivity index (χ1) is 7.15. The summed E-state index contributed by atoms with van der Waals surface area (Å²) < 4.78 is 6.43. The molecule has 0 radical (unpaired) electrons. The minimum absolute atomic E-state index is 0.0945. The summed E-state index contributed by atoms with van der Waals surface area (Å²) >= 11 is 3.43. The summed E-state index contributed by atoms with van der Waals surface area (Å²) in [4.78, 5) is 4.26. The van der Waals surface area contributed by atoms with Crippen LogP contribution >= 0.6 is 15.9 Å². The molecule has 1 aromatic heterocycles. The first kappa shape index (κ1) is 12.6. The fraction of sp³-hybridized carbons (Fsp3) is 0.500. The highest BCUT2D eigenvalue weighted by atomic mass is 79.9. The Morgan fingerprint density at radius 3 is 2.87 bits per heavy atom. The molecule has 4 nitrogen and oxygen atoms in total. The first-order valence-electron chi connectivity index (χ1n) is 4.83. The van der Waals surface area contributed by atoms with Crippen LogP contribution in [-0.2, 0) is 4.74 Å². The zero-order valence-electron chi connectivity index (χ0n) is 8.90. The van der Waals surface area contributed by atoms with Gasteiger partial charge in [0.1, 0.15) is 0 Å². The van der Waals surface area contributed by atoms with Crippen LogP contribution in [0.3, 0.4) is 0 Å². The molecular weight excluding hydrogens is 258 g/mol. The van der Waals surface area contributed by atoms with Crippen LogP contribution in [0.1, 0.15) is 25.6 Å². The van der Waals surface area contributed by atoms with E-state index in [2.05, 4.69) is 26.3 Å². The zero-order chi connectivity index (χ0) is 11.3. The summed E-state index contributed by atoms with van der Waals surface area (Å²) in [6, 6.07) is 3.70. The van der Waals surface area contributed by atoms with Gasteiger partial charge >= 0.3 is 0 Å². The van der Waals surface area contributed by atoms with Crippen LogP contribution in [0.15, 0.2) is 22.8 Å². The van der Waals surface area contributed by atoms with E-state index in [1.54, 1.807) is 6.20 Å². The van der Waals surface area contributed by atoms with Crippen molar-refractivity contribution in [1.82, 2.24) is 10.4 Å². The van der Waals surface area contributed by atoms with Gasteiger partial charge in [-0.15, -0.1) is 0 Å². The topological polar surface area (TPSA) is 60.2 Å². The Bertz CT molecular complexity index is 306. The molecule has 0 aliphatic heterocycles. The lowest BCUT2D eigenvalue weighted by atomic mass is 10.2. The maximum Gasteiger partial charge on any atom is 0.0876 e. The summed E-state index contributed by atoms with van der Waals surface area (Å²) in [5, 5.41) is 0. The summed E-state index contributed by atoms with van der Waals surface area (Å²) in [5.74, 6) is 5.47. The van der Waals surface area contributed by atoms with Gasteiger partial charge in [-0.25, -0.2) is 5.43 Å². The molecule has 1 heterocycles. The molecular formula is C10H16BrN3O. The second kappa shape index (κ2) is 6.17. The van der Waals surface area contributed by atoms with Crippen LogP contribution in [-0.4, -0.2) is 17.7 Å². The highest BCUT2D eigenvalue weighted by Gasteiger charge is 2.14. The Kier molecular flexibility index (Phi) is 5.17. The zero-order valence-corrected chi connectivity index (χ0v) is 10.5. The lowest BCUT2D eigenvalue weighted by molar-refractivity contribution is 0.0602. The number of rotatable bonds is 5. The average molecular weight is 274 g/mol. The fourth-order valence-corrected chi connectivity index (χ4v) is 1.68. The number of nitrogens with one attached hydrogen (secondary N) is 1. The van der Waals surface area contributed by atoms with Gasteiger partial charge in [0.2, 0.25) is 0 Å². The Hall–Kier alpha value is -0.490. The Morgan fingerprint density at radius 2 is 2.33 bits per heavy atom. The van der Waals surface area contributed by atoms with Gasteiger partial charge in [-0.05, 0) is 41.9 Å². The number of halogens is 1. The third-order valence-electron chi connectivity index (χ3n) is 1.91. The van der Waals surface area contributed by atoms with Crippen molar-refractivity contribution in [3.63, 3.8) is 0 Å². The van der Waals surface area contributed by atoms with E-state index >= 15 is 0 Å². The van der Waals surface area contributed by atoms with E-state index in [1.165, 1.54) is 0 Å². The summed E-state index contributed by atoms with van der Waals surface area (Å²) in [6.45, 7) is 4.48. The van der Waals surface area contributed by atoms with E-state index in [-0.39, 0.29) is 12.1 Å². The Morgan fingerprint density at radius 1 is 1.60 bits per heavy atom. The molecule has 15 heavy (non-hydrogen) atoms. The van der Waals surface area contributed by atoms with Gasteiger partial charge in [0.25, 0.3) is 0 Å². The second-order valence-corrected chi connectivity index (χ2v) is 4.33. The van der Waals surface area contributed by atoms with E-state index in [0.717, 1.165) is 10.2 Å². The lowest BCUT2D eigenvalue weighted by Gasteiger charge is -2.18. The highest BCUT2D eigenvalue weighted by Crippen LogP contribution is 2.20. The molecule has 0 spiro atoms. The van der Waals surface area contributed by atoms with Gasteiger partial charge in [-0.1, -0.05) is 0 Å². The molecule has 5 heteroatoms. The maximum atomic E-state index is 5.50. The normalized spacial score (nSPS) is 13.1. The van der Waals surface area contributed by atoms with E-state index < -0.39 is 0 Å². The van der Waals surface area contributed by atoms with Crippen LogP contribution in [0.5, 0.6) is 0 Å². The van der Waals surface area contributed by atoms with Gasteiger partial charge in [0.15, 0.2) is 0 Å². The number of aromatic nitrogens is 1. The van der Waals surface area contributed by atoms with Crippen LogP contribution in [0, 0.1) is 0 Å². The monoisotopic (exact) mass is 273 g/mol. The minimum atomic E-state index is -0.0945. The standard InChI is InChI=1S/C10H16BrN3O/c1-7(2)15-6-9(14-12)10-8(11)4-3-5-13-10/h3-5,7,9,14H,6,12H2,1-2H3. The van der Waals surface area contributed by atoms with Crippen LogP contribution in [0.4, 0.5) is 0 Å². The Labute approximate surface area is 98.3 Å². The van der Waals surface area contributed by atoms with Crippen molar-refractivity contribution in [3.8, 4) is 0 Å². The number of ether oxygens (including phenoxy) is 1. The predicted molar refractivity (Wildman–Crippen MR) is 63.1 cm³/mol. The Balaban J connectivity index is 2.70. The van der Waals surface area contributed by atoms with Crippen molar-refractivity contribution in [3.05, 3.63) is 28.5 Å². The molecule has 84 valence electrons. The SMILES string of the molecule is CC(C)OCC(NN)c1ncccc1Br. The quantitative estimate of drug-likeness (QED) is 0.634. The van der Waals surface area contributed by atoms with Crippen molar-refractivity contribution < 1.29 is 4.74 Å². The van der Waals surface area contributed by atoms with Gasteiger partial charge in [0.05, 0.1) is 24.4 Å². The second-order valence-electron chi connectivity index (χ2n) is 3.47. The number of hydrazine groups is 1. The highest BCUT2D eigenvalue weighted by molar-refractivity contribution is 9.10. The molecule has 1 aromatic rings. The molecule has 0 aliphatic carbocycles. The molecule has 0 bridgehead atoms. The largest absolute Gasteiger partial charge is 0.377 e. The third-order valence-corrected chi connectivity index (χ3v) is 2.58. The van der Waals surface area contributed by atoms with Crippen LogP contribution < -0.4 is 11.3 Å². The maximum absolute atomic E-state index is 5.50. The molecule has 1 unspecified atom stereocenters. The van der Waals surface area contributed by atoms with Gasteiger partial charge in [-0.3, -0.25) is 10.8 Å². The predicted octanol–water partition coefficient (Wildman–Crippen LogP) is 1.77. The first-order valence-corrected chi connectivity index (χ1v) is 5.62. The number of hydrogen-bond donors (Lipinski definition) is 2. The number of pyridine rings is 1.